The third-order valence-corrected chi connectivity index (χ3v) is 3.92. The molecule has 1 aromatic carbocycles. The summed E-state index contributed by atoms with van der Waals surface area (Å²) in [4.78, 5) is 2.81. The molecule has 1 aromatic rings. The summed E-state index contributed by atoms with van der Waals surface area (Å²) in [6, 6.07) is 9.05. The first kappa shape index (κ1) is 15.8. The Kier molecular flexibility index (Phi) is 5.59. The first-order chi connectivity index (χ1) is 10.2. The van der Waals surface area contributed by atoms with Crippen LogP contribution in [0, 0.1) is 5.92 Å². The lowest BCUT2D eigenvalue weighted by molar-refractivity contribution is -0.233. The van der Waals surface area contributed by atoms with Gasteiger partial charge in [0.25, 0.3) is 0 Å². The molecule has 1 N–H and O–H groups in total. The van der Waals surface area contributed by atoms with Gasteiger partial charge in [0.2, 0.25) is 0 Å². The molecule has 0 aliphatic carbocycles. The van der Waals surface area contributed by atoms with Gasteiger partial charge in [-0.1, -0.05) is 49.3 Å². The molecule has 6 nitrogen and oxygen atoms in total. The monoisotopic (exact) mass is 291 g/mol. The van der Waals surface area contributed by atoms with Crippen LogP contribution in [-0.2, 0) is 16.1 Å². The van der Waals surface area contributed by atoms with Gasteiger partial charge >= 0.3 is 0 Å². The zero-order chi connectivity index (χ0) is 15.2. The fourth-order valence-electron chi connectivity index (χ4n) is 2.74. The van der Waals surface area contributed by atoms with Crippen LogP contribution in [0.5, 0.6) is 0 Å². The lowest BCUT2D eigenvalue weighted by Crippen LogP contribution is -2.53. The zero-order valence-electron chi connectivity index (χ0n) is 12.3. The molecule has 1 heterocycles. The Labute approximate surface area is 124 Å². The number of benzene rings is 1. The highest BCUT2D eigenvalue weighted by Crippen LogP contribution is 2.31. The highest BCUT2D eigenvalue weighted by molar-refractivity contribution is 5.13. The molecule has 2 rings (SSSR count). The standard InChI is InChI=1S/C15H21N3O3/c1-3-12-10(2)14(13(17-18-16)15(19)21-12)20-9-11-7-5-4-6-8-11/h4-8,10,12-15,19H,3,9H2,1-2H3/t10?,12?,13-,14+,15?/m0/s1. The van der Waals surface area contributed by atoms with Crippen molar-refractivity contribution in [1.29, 1.82) is 0 Å². The molecule has 0 saturated carbocycles. The van der Waals surface area contributed by atoms with Crippen molar-refractivity contribution in [3.8, 4) is 0 Å². The van der Waals surface area contributed by atoms with E-state index < -0.39 is 12.3 Å². The Morgan fingerprint density at radius 3 is 2.71 bits per heavy atom. The van der Waals surface area contributed by atoms with Gasteiger partial charge in [-0.05, 0) is 17.5 Å². The van der Waals surface area contributed by atoms with E-state index in [2.05, 4.69) is 10.0 Å². The highest BCUT2D eigenvalue weighted by atomic mass is 16.6. The van der Waals surface area contributed by atoms with Gasteiger partial charge in [-0.3, -0.25) is 0 Å². The number of hydrogen-bond acceptors (Lipinski definition) is 4. The van der Waals surface area contributed by atoms with Crippen molar-refractivity contribution >= 4 is 0 Å². The molecule has 6 heteroatoms. The predicted molar refractivity (Wildman–Crippen MR) is 78.3 cm³/mol. The van der Waals surface area contributed by atoms with Crippen molar-refractivity contribution < 1.29 is 14.6 Å². The largest absolute Gasteiger partial charge is 0.373 e. The Balaban J connectivity index is 2.11. The fourth-order valence-corrected chi connectivity index (χ4v) is 2.74. The van der Waals surface area contributed by atoms with E-state index in [1.165, 1.54) is 0 Å². The zero-order valence-corrected chi connectivity index (χ0v) is 12.3. The summed E-state index contributed by atoms with van der Waals surface area (Å²) in [7, 11) is 0. The van der Waals surface area contributed by atoms with E-state index in [0.29, 0.717) is 6.61 Å². The van der Waals surface area contributed by atoms with E-state index in [1.807, 2.05) is 44.2 Å². The minimum atomic E-state index is -1.12. The molecule has 1 aliphatic rings. The Hall–Kier alpha value is -1.59. The van der Waals surface area contributed by atoms with E-state index in [0.717, 1.165) is 12.0 Å². The van der Waals surface area contributed by atoms with Crippen molar-refractivity contribution in [2.45, 2.75) is 51.4 Å². The molecular weight excluding hydrogens is 270 g/mol. The second-order valence-corrected chi connectivity index (χ2v) is 5.29. The first-order valence-electron chi connectivity index (χ1n) is 7.20. The Bertz CT molecular complexity index is 490. The number of nitrogens with zero attached hydrogens (tertiary/aromatic N) is 3. The van der Waals surface area contributed by atoms with Crippen molar-refractivity contribution in [3.05, 3.63) is 46.3 Å². The fraction of sp³-hybridized carbons (Fsp3) is 0.600. The summed E-state index contributed by atoms with van der Waals surface area (Å²) < 4.78 is 11.4. The van der Waals surface area contributed by atoms with Crippen LogP contribution in [0.3, 0.4) is 0 Å². The average Bonchev–Trinajstić information content (AvgIpc) is 2.51. The molecule has 0 bridgehead atoms. The topological polar surface area (TPSA) is 87.5 Å². The molecule has 1 saturated heterocycles. The molecule has 0 radical (unpaired) electrons. The van der Waals surface area contributed by atoms with Crippen LogP contribution >= 0.6 is 0 Å². The molecule has 1 aliphatic heterocycles. The number of aliphatic hydroxyl groups excluding tert-OH is 1. The number of aliphatic hydroxyl groups is 1. The normalized spacial score (nSPS) is 32.4. The van der Waals surface area contributed by atoms with Gasteiger partial charge in [0.1, 0.15) is 6.04 Å². The van der Waals surface area contributed by atoms with Crippen molar-refractivity contribution in [2.75, 3.05) is 0 Å². The molecule has 0 amide bonds. The number of ether oxygens (including phenoxy) is 2. The van der Waals surface area contributed by atoms with Gasteiger partial charge in [-0.25, -0.2) is 0 Å². The van der Waals surface area contributed by atoms with E-state index in [9.17, 15) is 5.11 Å². The van der Waals surface area contributed by atoms with Crippen LogP contribution in [0.15, 0.2) is 35.4 Å². The van der Waals surface area contributed by atoms with E-state index in [4.69, 9.17) is 15.0 Å². The van der Waals surface area contributed by atoms with Crippen LogP contribution in [0.1, 0.15) is 25.8 Å². The predicted octanol–water partition coefficient (Wildman–Crippen LogP) is 3.01. The number of hydrogen-bond donors (Lipinski definition) is 1. The maximum absolute atomic E-state index is 10.0. The molecule has 21 heavy (non-hydrogen) atoms. The molecule has 5 atom stereocenters. The quantitative estimate of drug-likeness (QED) is 0.514. The number of azide groups is 1. The van der Waals surface area contributed by atoms with Gasteiger partial charge in [-0.15, -0.1) is 0 Å². The molecule has 0 aromatic heterocycles. The summed E-state index contributed by atoms with van der Waals surface area (Å²) in [5.74, 6) is 0.0395. The van der Waals surface area contributed by atoms with Gasteiger partial charge in [0, 0.05) is 10.8 Å². The van der Waals surface area contributed by atoms with Crippen LogP contribution in [0.25, 0.3) is 10.4 Å². The van der Waals surface area contributed by atoms with Crippen molar-refractivity contribution in [2.24, 2.45) is 11.0 Å². The minimum Gasteiger partial charge on any atom is -0.373 e. The summed E-state index contributed by atoms with van der Waals surface area (Å²) in [6.07, 6.45) is -0.824. The molecule has 0 spiro atoms. The average molecular weight is 291 g/mol. The molecular formula is C15H21N3O3. The summed E-state index contributed by atoms with van der Waals surface area (Å²) in [6.45, 7) is 4.40. The van der Waals surface area contributed by atoms with Gasteiger partial charge in [0.15, 0.2) is 6.29 Å². The molecule has 114 valence electrons. The maximum atomic E-state index is 10.0. The van der Waals surface area contributed by atoms with Gasteiger partial charge < -0.3 is 14.6 Å². The lowest BCUT2D eigenvalue weighted by atomic mass is 9.88. The van der Waals surface area contributed by atoms with Crippen molar-refractivity contribution in [3.63, 3.8) is 0 Å². The van der Waals surface area contributed by atoms with Crippen LogP contribution < -0.4 is 0 Å². The van der Waals surface area contributed by atoms with Gasteiger partial charge in [0.05, 0.1) is 18.8 Å². The lowest BCUT2D eigenvalue weighted by Gasteiger charge is -2.42. The summed E-state index contributed by atoms with van der Waals surface area (Å²) in [5, 5.41) is 13.7. The van der Waals surface area contributed by atoms with Crippen LogP contribution in [0.4, 0.5) is 0 Å². The molecule has 3 unspecified atom stereocenters. The SMILES string of the molecule is CCC1OC(O)[C@@H](N=[N+]=[N-])[C@H](OCc2ccccc2)C1C. The second kappa shape index (κ2) is 7.43. The van der Waals surface area contributed by atoms with E-state index in [-0.39, 0.29) is 18.1 Å². The minimum absolute atomic E-state index is 0.0395. The first-order valence-corrected chi connectivity index (χ1v) is 7.20. The van der Waals surface area contributed by atoms with Crippen LogP contribution in [-0.4, -0.2) is 29.6 Å². The van der Waals surface area contributed by atoms with Crippen LogP contribution in [0.2, 0.25) is 0 Å². The van der Waals surface area contributed by atoms with E-state index in [1.54, 1.807) is 0 Å². The maximum Gasteiger partial charge on any atom is 0.165 e. The Morgan fingerprint density at radius 1 is 1.38 bits per heavy atom. The number of rotatable bonds is 5. The summed E-state index contributed by atoms with van der Waals surface area (Å²) in [5.41, 5.74) is 9.72. The smallest absolute Gasteiger partial charge is 0.165 e. The highest BCUT2D eigenvalue weighted by Gasteiger charge is 2.42. The molecule has 1 fully saturated rings. The third kappa shape index (κ3) is 3.74. The Morgan fingerprint density at radius 2 is 2.10 bits per heavy atom. The summed E-state index contributed by atoms with van der Waals surface area (Å²) >= 11 is 0. The van der Waals surface area contributed by atoms with Crippen molar-refractivity contribution in [1.82, 2.24) is 0 Å². The van der Waals surface area contributed by atoms with E-state index >= 15 is 0 Å². The van der Waals surface area contributed by atoms with Gasteiger partial charge in [-0.2, -0.15) is 0 Å². The third-order valence-electron chi connectivity index (χ3n) is 3.92. The second-order valence-electron chi connectivity index (χ2n) is 5.29.